The summed E-state index contributed by atoms with van der Waals surface area (Å²) in [5.41, 5.74) is 0. The summed E-state index contributed by atoms with van der Waals surface area (Å²) in [7, 11) is -3.75. The van der Waals surface area contributed by atoms with Crippen LogP contribution in [0.25, 0.3) is 0 Å². The fourth-order valence-corrected chi connectivity index (χ4v) is 1.50. The van der Waals surface area contributed by atoms with Crippen molar-refractivity contribution in [2.45, 2.75) is 6.92 Å². The molecule has 5 nitrogen and oxygen atoms in total. The van der Waals surface area contributed by atoms with Crippen molar-refractivity contribution in [3.8, 4) is 25.1 Å². The maximum absolute atomic E-state index is 11.5. The summed E-state index contributed by atoms with van der Waals surface area (Å²) >= 11 is 0. The minimum absolute atomic E-state index is 0.158. The summed E-state index contributed by atoms with van der Waals surface area (Å²) in [5, 5.41) is 0. The van der Waals surface area contributed by atoms with Crippen LogP contribution >= 0.6 is 7.60 Å². The van der Waals surface area contributed by atoms with Gasteiger partial charge in [-0.3, -0.25) is 4.79 Å². The molecule has 0 aliphatic carbocycles. The summed E-state index contributed by atoms with van der Waals surface area (Å²) in [6.45, 7) is 1.76. The first-order valence-electron chi connectivity index (χ1n) is 3.61. The van der Waals surface area contributed by atoms with Crippen molar-refractivity contribution in [2.75, 3.05) is 12.8 Å². The second-order valence-electron chi connectivity index (χ2n) is 1.99. The van der Waals surface area contributed by atoms with Crippen LogP contribution in [0.1, 0.15) is 6.92 Å². The monoisotopic (exact) mass is 216 g/mol. The van der Waals surface area contributed by atoms with E-state index in [1.54, 1.807) is 19.1 Å². The van der Waals surface area contributed by atoms with E-state index in [1.807, 2.05) is 0 Å². The molecule has 0 saturated carbocycles. The van der Waals surface area contributed by atoms with E-state index in [-0.39, 0.29) is 6.61 Å². The normalized spacial score (nSPS) is 9.36. The van der Waals surface area contributed by atoms with E-state index < -0.39 is 19.7 Å². The van der Waals surface area contributed by atoms with Crippen molar-refractivity contribution in [2.24, 2.45) is 0 Å². The second kappa shape index (κ2) is 5.96. The standard InChI is InChI=1S/C8H9O5P/c1-4-11-8(9)7-14(10,12-5-2)13-6-3/h2-3H,4,7H2,1H3. The molecule has 14 heavy (non-hydrogen) atoms. The number of ether oxygens (including phenoxy) is 1. The third kappa shape index (κ3) is 4.45. The highest BCUT2D eigenvalue weighted by atomic mass is 31.2. The van der Waals surface area contributed by atoms with Gasteiger partial charge in [0.15, 0.2) is 6.16 Å². The highest BCUT2D eigenvalue weighted by molar-refractivity contribution is 7.55. The Morgan fingerprint density at radius 2 is 1.86 bits per heavy atom. The first-order valence-corrected chi connectivity index (χ1v) is 5.34. The average Bonchev–Trinajstić information content (AvgIpc) is 2.04. The zero-order valence-corrected chi connectivity index (χ0v) is 8.45. The molecule has 0 aliphatic heterocycles. The van der Waals surface area contributed by atoms with E-state index in [0.29, 0.717) is 0 Å². The molecule has 0 radical (unpaired) electrons. The number of hydrogen-bond acceptors (Lipinski definition) is 5. The van der Waals surface area contributed by atoms with Crippen molar-refractivity contribution in [3.63, 3.8) is 0 Å². The molecule has 0 unspecified atom stereocenters. The van der Waals surface area contributed by atoms with Gasteiger partial charge in [0.2, 0.25) is 0 Å². The van der Waals surface area contributed by atoms with Gasteiger partial charge >= 0.3 is 13.6 Å². The Balaban J connectivity index is 4.40. The Morgan fingerprint density at radius 3 is 2.21 bits per heavy atom. The third-order valence-corrected chi connectivity index (χ3v) is 2.42. The van der Waals surface area contributed by atoms with Crippen molar-refractivity contribution in [1.82, 2.24) is 0 Å². The molecular weight excluding hydrogens is 207 g/mol. The van der Waals surface area contributed by atoms with Crippen LogP contribution in [-0.2, 0) is 23.1 Å². The van der Waals surface area contributed by atoms with Gasteiger partial charge in [0, 0.05) is 0 Å². The highest BCUT2D eigenvalue weighted by Gasteiger charge is 2.31. The summed E-state index contributed by atoms with van der Waals surface area (Å²) in [5.74, 6) is -0.749. The fraction of sp³-hybridized carbons (Fsp3) is 0.375. The van der Waals surface area contributed by atoms with Crippen LogP contribution in [-0.4, -0.2) is 18.7 Å². The van der Waals surface area contributed by atoms with Gasteiger partial charge in [-0.1, -0.05) is 12.8 Å². The van der Waals surface area contributed by atoms with Gasteiger partial charge < -0.3 is 13.8 Å². The topological polar surface area (TPSA) is 61.8 Å². The minimum atomic E-state index is -3.75. The molecule has 0 aromatic carbocycles. The maximum Gasteiger partial charge on any atom is 0.458 e. The Kier molecular flexibility index (Phi) is 5.29. The lowest BCUT2D eigenvalue weighted by atomic mass is 10.8. The van der Waals surface area contributed by atoms with Crippen molar-refractivity contribution >= 4 is 13.6 Å². The van der Waals surface area contributed by atoms with E-state index in [0.717, 1.165) is 0 Å². The SMILES string of the molecule is C#COP(=O)(CC(=O)OCC)OC#C. The molecule has 0 rings (SSSR count). The van der Waals surface area contributed by atoms with Crippen LogP contribution in [0.2, 0.25) is 0 Å². The molecular formula is C8H9O5P. The fourth-order valence-electron chi connectivity index (χ4n) is 0.609. The Bertz CT molecular complexity index is 302. The zero-order valence-electron chi connectivity index (χ0n) is 7.56. The molecule has 0 aromatic heterocycles. The van der Waals surface area contributed by atoms with Gasteiger partial charge in [0.1, 0.15) is 12.2 Å². The van der Waals surface area contributed by atoms with Gasteiger partial charge in [0.05, 0.1) is 6.61 Å². The lowest BCUT2D eigenvalue weighted by molar-refractivity contribution is -0.140. The molecule has 76 valence electrons. The number of esters is 1. The Labute approximate surface area is 82.3 Å². The van der Waals surface area contributed by atoms with E-state index in [9.17, 15) is 9.36 Å². The third-order valence-electron chi connectivity index (χ3n) is 1.01. The van der Waals surface area contributed by atoms with E-state index in [1.165, 1.54) is 0 Å². The van der Waals surface area contributed by atoms with E-state index in [2.05, 4.69) is 13.8 Å². The molecule has 6 heteroatoms. The van der Waals surface area contributed by atoms with Crippen molar-refractivity contribution < 1.29 is 23.1 Å². The summed E-state index contributed by atoms with van der Waals surface area (Å²) in [4.78, 5) is 10.9. The van der Waals surface area contributed by atoms with E-state index >= 15 is 0 Å². The van der Waals surface area contributed by atoms with Gasteiger partial charge in [-0.25, -0.2) is 4.57 Å². The number of rotatable bonds is 5. The molecule has 0 bridgehead atoms. The van der Waals surface area contributed by atoms with Crippen LogP contribution in [0.3, 0.4) is 0 Å². The average molecular weight is 216 g/mol. The maximum atomic E-state index is 11.5. The van der Waals surface area contributed by atoms with Gasteiger partial charge in [0.25, 0.3) is 0 Å². The van der Waals surface area contributed by atoms with Gasteiger partial charge in [-0.2, -0.15) is 0 Å². The second-order valence-corrected chi connectivity index (χ2v) is 3.90. The molecule has 0 aromatic rings. The van der Waals surface area contributed by atoms with Crippen LogP contribution in [0, 0.1) is 25.1 Å². The minimum Gasteiger partial charge on any atom is -0.465 e. The smallest absolute Gasteiger partial charge is 0.458 e. The van der Waals surface area contributed by atoms with Crippen molar-refractivity contribution in [3.05, 3.63) is 0 Å². The van der Waals surface area contributed by atoms with Crippen LogP contribution in [0.5, 0.6) is 0 Å². The first kappa shape index (κ1) is 12.4. The van der Waals surface area contributed by atoms with Crippen LogP contribution in [0.4, 0.5) is 0 Å². The first-order chi connectivity index (χ1) is 6.58. The Morgan fingerprint density at radius 1 is 1.36 bits per heavy atom. The number of carbonyl (C=O) groups is 1. The molecule has 0 atom stereocenters. The summed E-state index contributed by atoms with van der Waals surface area (Å²) in [6.07, 6.45) is 12.2. The predicted molar refractivity (Wildman–Crippen MR) is 48.9 cm³/mol. The number of hydrogen-bond donors (Lipinski definition) is 0. The molecule has 0 aliphatic rings. The molecule has 0 fully saturated rings. The number of carbonyl (C=O) groups excluding carboxylic acids is 1. The quantitative estimate of drug-likeness (QED) is 0.389. The summed E-state index contributed by atoms with van der Waals surface area (Å²) < 4.78 is 24.6. The van der Waals surface area contributed by atoms with Crippen molar-refractivity contribution in [1.29, 1.82) is 0 Å². The van der Waals surface area contributed by atoms with Gasteiger partial charge in [-0.15, -0.1) is 0 Å². The van der Waals surface area contributed by atoms with Crippen LogP contribution < -0.4 is 0 Å². The molecule has 0 amide bonds. The zero-order chi connectivity index (χ0) is 11.0. The molecule has 0 spiro atoms. The predicted octanol–water partition coefficient (Wildman–Crippen LogP) is 0.957. The lowest BCUT2D eigenvalue weighted by Gasteiger charge is -2.10. The van der Waals surface area contributed by atoms with Crippen LogP contribution in [0.15, 0.2) is 0 Å². The lowest BCUT2D eigenvalue weighted by Crippen LogP contribution is -2.11. The van der Waals surface area contributed by atoms with Gasteiger partial charge in [-0.05, 0) is 6.92 Å². The molecule has 0 N–H and O–H groups in total. The molecule has 0 heterocycles. The highest BCUT2D eigenvalue weighted by Crippen LogP contribution is 2.47. The molecule has 0 saturated heterocycles. The van der Waals surface area contributed by atoms with E-state index in [4.69, 9.17) is 12.8 Å². The number of terminal acetylenes is 2. The Hall–Kier alpha value is -1.58. The summed E-state index contributed by atoms with van der Waals surface area (Å²) in [6, 6.07) is 0. The largest absolute Gasteiger partial charge is 0.465 e.